The van der Waals surface area contributed by atoms with E-state index in [1.54, 1.807) is 20.8 Å². The molecular formula is C15H28N2O5. The molecule has 1 atom stereocenters. The fraction of sp³-hybridized carbons (Fsp3) is 0.800. The zero-order chi connectivity index (χ0) is 17.2. The molecule has 0 fully saturated rings. The monoisotopic (exact) mass is 316 g/mol. The smallest absolute Gasteiger partial charge is 0.407 e. The van der Waals surface area contributed by atoms with Gasteiger partial charge in [0.05, 0.1) is 0 Å². The van der Waals surface area contributed by atoms with Crippen LogP contribution in [0.15, 0.2) is 0 Å². The number of nitrogens with one attached hydrogen (secondary N) is 2. The van der Waals surface area contributed by atoms with Crippen molar-refractivity contribution in [2.24, 2.45) is 0 Å². The van der Waals surface area contributed by atoms with Gasteiger partial charge < -0.3 is 20.5 Å². The highest BCUT2D eigenvalue weighted by atomic mass is 16.6. The Morgan fingerprint density at radius 3 is 2.32 bits per heavy atom. The number of aliphatic carboxylic acids is 1. The minimum Gasteiger partial charge on any atom is -0.480 e. The molecule has 0 aliphatic carbocycles. The van der Waals surface area contributed by atoms with E-state index in [1.807, 2.05) is 6.92 Å². The highest BCUT2D eigenvalue weighted by Crippen LogP contribution is 2.06. The third kappa shape index (κ3) is 10.9. The van der Waals surface area contributed by atoms with Gasteiger partial charge in [0, 0.05) is 13.0 Å². The largest absolute Gasteiger partial charge is 0.480 e. The van der Waals surface area contributed by atoms with E-state index in [9.17, 15) is 14.4 Å². The summed E-state index contributed by atoms with van der Waals surface area (Å²) in [6, 6.07) is -1.01. The van der Waals surface area contributed by atoms with Gasteiger partial charge in [0.25, 0.3) is 0 Å². The number of unbranched alkanes of at least 4 members (excludes halogenated alkanes) is 2. The summed E-state index contributed by atoms with van der Waals surface area (Å²) in [7, 11) is 0. The van der Waals surface area contributed by atoms with Gasteiger partial charge in [-0.05, 0) is 33.6 Å². The standard InChI is InChI=1S/C15H28N2O5/c1-5-6-7-8-12(18)17-11(13(19)20)9-10-16-14(21)22-15(2,3)4/h11H,5-10H2,1-4H3,(H,16,21)(H,17,18)(H,19,20). The van der Waals surface area contributed by atoms with Gasteiger partial charge in [-0.3, -0.25) is 4.79 Å². The van der Waals surface area contributed by atoms with E-state index in [0.717, 1.165) is 19.3 Å². The number of carbonyl (C=O) groups excluding carboxylic acids is 2. The van der Waals surface area contributed by atoms with Crippen LogP contribution in [0.2, 0.25) is 0 Å². The predicted octanol–water partition coefficient (Wildman–Crippen LogP) is 2.05. The van der Waals surface area contributed by atoms with Gasteiger partial charge in [0.2, 0.25) is 5.91 Å². The molecule has 0 aromatic heterocycles. The predicted molar refractivity (Wildman–Crippen MR) is 82.6 cm³/mol. The van der Waals surface area contributed by atoms with Crippen molar-refractivity contribution in [1.29, 1.82) is 0 Å². The summed E-state index contributed by atoms with van der Waals surface area (Å²) in [5.41, 5.74) is -0.607. The molecule has 0 radical (unpaired) electrons. The summed E-state index contributed by atoms with van der Waals surface area (Å²) in [4.78, 5) is 34.2. The quantitative estimate of drug-likeness (QED) is 0.565. The zero-order valence-electron chi connectivity index (χ0n) is 13.9. The molecule has 2 amide bonds. The molecule has 7 nitrogen and oxygen atoms in total. The molecule has 0 aromatic rings. The molecule has 0 aliphatic rings. The van der Waals surface area contributed by atoms with E-state index in [4.69, 9.17) is 9.84 Å². The van der Waals surface area contributed by atoms with Gasteiger partial charge in [-0.25, -0.2) is 9.59 Å². The van der Waals surface area contributed by atoms with Crippen LogP contribution in [0.25, 0.3) is 0 Å². The average Bonchev–Trinajstić information content (AvgIpc) is 2.35. The molecule has 3 N–H and O–H groups in total. The number of hydrogen-bond donors (Lipinski definition) is 3. The van der Waals surface area contributed by atoms with Crippen molar-refractivity contribution in [1.82, 2.24) is 10.6 Å². The molecule has 0 saturated heterocycles. The van der Waals surface area contributed by atoms with Crippen LogP contribution in [-0.2, 0) is 14.3 Å². The van der Waals surface area contributed by atoms with E-state index in [1.165, 1.54) is 0 Å². The normalized spacial score (nSPS) is 12.4. The summed E-state index contributed by atoms with van der Waals surface area (Å²) in [5, 5.41) is 14.0. The summed E-state index contributed by atoms with van der Waals surface area (Å²) in [6.07, 6.45) is 2.49. The second kappa shape index (κ2) is 10.0. The van der Waals surface area contributed by atoms with Crippen LogP contribution in [0.4, 0.5) is 4.79 Å². The third-order valence-electron chi connectivity index (χ3n) is 2.74. The molecule has 0 aromatic carbocycles. The fourth-order valence-electron chi connectivity index (χ4n) is 1.69. The topological polar surface area (TPSA) is 105 Å². The number of rotatable bonds is 9. The number of carboxylic acid groups (broad SMARTS) is 1. The molecule has 0 rings (SSSR count). The molecule has 22 heavy (non-hydrogen) atoms. The van der Waals surface area contributed by atoms with Crippen LogP contribution in [0.5, 0.6) is 0 Å². The van der Waals surface area contributed by atoms with E-state index in [0.29, 0.717) is 6.42 Å². The molecule has 0 aliphatic heterocycles. The zero-order valence-corrected chi connectivity index (χ0v) is 13.9. The van der Waals surface area contributed by atoms with Gasteiger partial charge in [0.1, 0.15) is 11.6 Å². The van der Waals surface area contributed by atoms with Gasteiger partial charge in [-0.1, -0.05) is 19.8 Å². The molecule has 0 saturated carbocycles. The number of hydrogen-bond acceptors (Lipinski definition) is 4. The lowest BCUT2D eigenvalue weighted by atomic mass is 10.1. The Morgan fingerprint density at radius 1 is 1.18 bits per heavy atom. The Balaban J connectivity index is 4.12. The van der Waals surface area contributed by atoms with E-state index in [2.05, 4.69) is 10.6 Å². The van der Waals surface area contributed by atoms with Crippen LogP contribution in [0.1, 0.15) is 59.8 Å². The molecule has 1 unspecified atom stereocenters. The highest BCUT2D eigenvalue weighted by Gasteiger charge is 2.21. The number of ether oxygens (including phenoxy) is 1. The molecule has 0 heterocycles. The van der Waals surface area contributed by atoms with Crippen molar-refractivity contribution in [2.45, 2.75) is 71.4 Å². The van der Waals surface area contributed by atoms with Crippen LogP contribution in [0.3, 0.4) is 0 Å². The Morgan fingerprint density at radius 2 is 1.82 bits per heavy atom. The van der Waals surface area contributed by atoms with Crippen LogP contribution < -0.4 is 10.6 Å². The van der Waals surface area contributed by atoms with Crippen molar-refractivity contribution < 1.29 is 24.2 Å². The van der Waals surface area contributed by atoms with Crippen molar-refractivity contribution in [3.63, 3.8) is 0 Å². The highest BCUT2D eigenvalue weighted by molar-refractivity contribution is 5.83. The first-order chi connectivity index (χ1) is 10.2. The first kappa shape index (κ1) is 20.2. The second-order valence-corrected chi connectivity index (χ2v) is 6.13. The molecule has 128 valence electrons. The summed E-state index contributed by atoms with van der Waals surface area (Å²) >= 11 is 0. The van der Waals surface area contributed by atoms with Gasteiger partial charge >= 0.3 is 12.1 Å². The maximum Gasteiger partial charge on any atom is 0.407 e. The van der Waals surface area contributed by atoms with E-state index in [-0.39, 0.29) is 18.9 Å². The number of carbonyl (C=O) groups is 3. The third-order valence-corrected chi connectivity index (χ3v) is 2.74. The molecular weight excluding hydrogens is 288 g/mol. The Bertz CT molecular complexity index is 377. The maximum absolute atomic E-state index is 11.6. The number of amides is 2. The van der Waals surface area contributed by atoms with Crippen LogP contribution in [-0.4, -0.2) is 41.3 Å². The first-order valence-corrected chi connectivity index (χ1v) is 7.64. The van der Waals surface area contributed by atoms with Crippen molar-refractivity contribution in [2.75, 3.05) is 6.54 Å². The van der Waals surface area contributed by atoms with Crippen molar-refractivity contribution >= 4 is 18.0 Å². The summed E-state index contributed by atoms with van der Waals surface area (Å²) in [5.74, 6) is -1.40. The van der Waals surface area contributed by atoms with Crippen LogP contribution in [0, 0.1) is 0 Å². The van der Waals surface area contributed by atoms with E-state index >= 15 is 0 Å². The van der Waals surface area contributed by atoms with Crippen molar-refractivity contribution in [3.8, 4) is 0 Å². The molecule has 7 heteroatoms. The minimum absolute atomic E-state index is 0.105. The maximum atomic E-state index is 11.6. The van der Waals surface area contributed by atoms with Gasteiger partial charge in [0.15, 0.2) is 0 Å². The Labute approximate surface area is 131 Å². The fourth-order valence-corrected chi connectivity index (χ4v) is 1.69. The van der Waals surface area contributed by atoms with E-state index < -0.39 is 23.7 Å². The Kier molecular flexibility index (Phi) is 9.21. The lowest BCUT2D eigenvalue weighted by molar-refractivity contribution is -0.142. The second-order valence-electron chi connectivity index (χ2n) is 6.13. The minimum atomic E-state index is -1.12. The first-order valence-electron chi connectivity index (χ1n) is 7.64. The summed E-state index contributed by atoms with van der Waals surface area (Å²) < 4.78 is 5.04. The lowest BCUT2D eigenvalue weighted by Crippen LogP contribution is -2.43. The van der Waals surface area contributed by atoms with Gasteiger partial charge in [-0.15, -0.1) is 0 Å². The van der Waals surface area contributed by atoms with Crippen molar-refractivity contribution in [3.05, 3.63) is 0 Å². The molecule has 0 bridgehead atoms. The number of carboxylic acids is 1. The molecule has 0 spiro atoms. The SMILES string of the molecule is CCCCCC(=O)NC(CCNC(=O)OC(C)(C)C)C(=O)O. The number of alkyl carbamates (subject to hydrolysis) is 1. The summed E-state index contributed by atoms with van der Waals surface area (Å²) in [6.45, 7) is 7.36. The Hall–Kier alpha value is -1.79. The lowest BCUT2D eigenvalue weighted by Gasteiger charge is -2.20. The van der Waals surface area contributed by atoms with Gasteiger partial charge in [-0.2, -0.15) is 0 Å². The van der Waals surface area contributed by atoms with Crippen LogP contribution >= 0.6 is 0 Å². The average molecular weight is 316 g/mol.